The van der Waals surface area contributed by atoms with Crippen LogP contribution in [-0.4, -0.2) is 26.7 Å². The first-order valence-electron chi connectivity index (χ1n) is 7.25. The second-order valence-corrected chi connectivity index (χ2v) is 6.47. The van der Waals surface area contributed by atoms with Crippen molar-refractivity contribution in [1.82, 2.24) is 5.32 Å². The zero-order valence-corrected chi connectivity index (χ0v) is 14.0. The largest absolute Gasteiger partial charge is 0.496 e. The van der Waals surface area contributed by atoms with Crippen LogP contribution in [0.5, 0.6) is 11.5 Å². The molecule has 1 aromatic carbocycles. The van der Waals surface area contributed by atoms with Crippen molar-refractivity contribution >= 4 is 5.91 Å². The monoisotopic (exact) mass is 293 g/mol. The molecule has 0 aliphatic carbocycles. The Bertz CT molecular complexity index is 490. The Morgan fingerprint density at radius 3 is 2.29 bits per heavy atom. The second kappa shape index (κ2) is 7.34. The summed E-state index contributed by atoms with van der Waals surface area (Å²) in [4.78, 5) is 11.8. The van der Waals surface area contributed by atoms with E-state index in [0.29, 0.717) is 13.0 Å². The summed E-state index contributed by atoms with van der Waals surface area (Å²) < 4.78 is 10.7. The highest BCUT2D eigenvalue weighted by Gasteiger charge is 2.15. The number of aryl methyl sites for hydroxylation is 1. The Balaban J connectivity index is 2.65. The fourth-order valence-corrected chi connectivity index (χ4v) is 2.19. The average molecular weight is 293 g/mol. The van der Waals surface area contributed by atoms with Crippen LogP contribution in [-0.2, 0) is 11.2 Å². The summed E-state index contributed by atoms with van der Waals surface area (Å²) in [6.07, 6.45) is 1.25. The van der Waals surface area contributed by atoms with E-state index >= 15 is 0 Å². The number of amides is 1. The molecule has 0 heterocycles. The molecule has 1 aromatic rings. The topological polar surface area (TPSA) is 47.6 Å². The zero-order valence-electron chi connectivity index (χ0n) is 14.0. The summed E-state index contributed by atoms with van der Waals surface area (Å²) in [5, 5.41) is 2.96. The fourth-order valence-electron chi connectivity index (χ4n) is 2.19. The standard InChI is InChI=1S/C17H27NO3/c1-12-9-15(21-6)13(10-14(12)20-5)7-8-18-16(19)11-17(2,3)4/h9-10H,7-8,11H2,1-6H3,(H,18,19). The van der Waals surface area contributed by atoms with E-state index in [2.05, 4.69) is 26.1 Å². The molecule has 0 bridgehead atoms. The molecule has 0 unspecified atom stereocenters. The van der Waals surface area contributed by atoms with Crippen molar-refractivity contribution in [3.05, 3.63) is 23.3 Å². The maximum absolute atomic E-state index is 11.8. The first kappa shape index (κ1) is 17.3. The second-order valence-electron chi connectivity index (χ2n) is 6.47. The average Bonchev–Trinajstić information content (AvgIpc) is 2.37. The van der Waals surface area contributed by atoms with E-state index in [1.54, 1.807) is 14.2 Å². The van der Waals surface area contributed by atoms with Crippen LogP contribution in [0.15, 0.2) is 12.1 Å². The molecule has 0 aliphatic heterocycles. The summed E-state index contributed by atoms with van der Waals surface area (Å²) >= 11 is 0. The molecule has 4 heteroatoms. The molecule has 0 atom stereocenters. The van der Waals surface area contributed by atoms with E-state index in [1.807, 2.05) is 19.1 Å². The molecule has 0 spiro atoms. The van der Waals surface area contributed by atoms with Gasteiger partial charge in [-0.1, -0.05) is 20.8 Å². The highest BCUT2D eigenvalue weighted by atomic mass is 16.5. The SMILES string of the molecule is COc1cc(CCNC(=O)CC(C)(C)C)c(OC)cc1C. The van der Waals surface area contributed by atoms with Gasteiger partial charge in [0.1, 0.15) is 11.5 Å². The lowest BCUT2D eigenvalue weighted by molar-refractivity contribution is -0.122. The van der Waals surface area contributed by atoms with Crippen molar-refractivity contribution in [2.24, 2.45) is 5.41 Å². The predicted octanol–water partition coefficient (Wildman–Crippen LogP) is 3.11. The lowest BCUT2D eigenvalue weighted by Gasteiger charge is -2.17. The van der Waals surface area contributed by atoms with Crippen LogP contribution in [0.3, 0.4) is 0 Å². The van der Waals surface area contributed by atoms with Gasteiger partial charge in [-0.15, -0.1) is 0 Å². The van der Waals surface area contributed by atoms with Crippen molar-refractivity contribution in [2.75, 3.05) is 20.8 Å². The maximum atomic E-state index is 11.8. The molecule has 1 N–H and O–H groups in total. The minimum atomic E-state index is 0.00878. The summed E-state index contributed by atoms with van der Waals surface area (Å²) in [6.45, 7) is 8.75. The molecule has 118 valence electrons. The van der Waals surface area contributed by atoms with Crippen molar-refractivity contribution in [2.45, 2.75) is 40.5 Å². The Kier molecular flexibility index (Phi) is 6.06. The van der Waals surface area contributed by atoms with E-state index in [9.17, 15) is 4.79 Å². The highest BCUT2D eigenvalue weighted by molar-refractivity contribution is 5.76. The van der Waals surface area contributed by atoms with Gasteiger partial charge < -0.3 is 14.8 Å². The Morgan fingerprint density at radius 1 is 1.14 bits per heavy atom. The number of carbonyl (C=O) groups is 1. The summed E-state index contributed by atoms with van der Waals surface area (Å²) in [7, 11) is 3.31. The summed E-state index contributed by atoms with van der Waals surface area (Å²) in [5.74, 6) is 1.76. The number of carbonyl (C=O) groups excluding carboxylic acids is 1. The summed E-state index contributed by atoms with van der Waals surface area (Å²) in [5.41, 5.74) is 2.08. The summed E-state index contributed by atoms with van der Waals surface area (Å²) in [6, 6.07) is 3.94. The minimum Gasteiger partial charge on any atom is -0.496 e. The van der Waals surface area contributed by atoms with Gasteiger partial charge in [0.25, 0.3) is 0 Å². The number of ether oxygens (including phenoxy) is 2. The number of methoxy groups -OCH3 is 2. The molecular weight excluding hydrogens is 266 g/mol. The minimum absolute atomic E-state index is 0.00878. The van der Waals surface area contributed by atoms with Gasteiger partial charge in [-0.25, -0.2) is 0 Å². The molecule has 4 nitrogen and oxygen atoms in total. The number of rotatable bonds is 6. The van der Waals surface area contributed by atoms with Crippen LogP contribution >= 0.6 is 0 Å². The van der Waals surface area contributed by atoms with Crippen molar-refractivity contribution in [3.8, 4) is 11.5 Å². The van der Waals surface area contributed by atoms with Gasteiger partial charge in [0.15, 0.2) is 0 Å². The van der Waals surface area contributed by atoms with Crippen molar-refractivity contribution in [3.63, 3.8) is 0 Å². The van der Waals surface area contributed by atoms with Gasteiger partial charge in [0, 0.05) is 13.0 Å². The Morgan fingerprint density at radius 2 is 1.76 bits per heavy atom. The van der Waals surface area contributed by atoms with Crippen LogP contribution in [0.25, 0.3) is 0 Å². The van der Waals surface area contributed by atoms with Gasteiger partial charge in [-0.2, -0.15) is 0 Å². The molecule has 0 aliphatic rings. The molecule has 0 saturated heterocycles. The first-order valence-corrected chi connectivity index (χ1v) is 7.25. The molecular formula is C17H27NO3. The van der Waals surface area contributed by atoms with Crippen LogP contribution in [0.4, 0.5) is 0 Å². The zero-order chi connectivity index (χ0) is 16.0. The molecule has 1 rings (SSSR count). The smallest absolute Gasteiger partial charge is 0.220 e. The van der Waals surface area contributed by atoms with Gasteiger partial charge in [-0.3, -0.25) is 4.79 Å². The van der Waals surface area contributed by atoms with Crippen molar-refractivity contribution < 1.29 is 14.3 Å². The van der Waals surface area contributed by atoms with Crippen LogP contribution in [0.2, 0.25) is 0 Å². The molecule has 1 amide bonds. The Labute approximate surface area is 127 Å². The van der Waals surface area contributed by atoms with E-state index in [0.717, 1.165) is 29.0 Å². The van der Waals surface area contributed by atoms with Gasteiger partial charge in [0.2, 0.25) is 5.91 Å². The highest BCUT2D eigenvalue weighted by Crippen LogP contribution is 2.28. The van der Waals surface area contributed by atoms with E-state index < -0.39 is 0 Å². The fraction of sp³-hybridized carbons (Fsp3) is 0.588. The molecule has 0 radical (unpaired) electrons. The van der Waals surface area contributed by atoms with Crippen LogP contribution in [0.1, 0.15) is 38.3 Å². The lowest BCUT2D eigenvalue weighted by Crippen LogP contribution is -2.29. The third kappa shape index (κ3) is 5.66. The van der Waals surface area contributed by atoms with E-state index in [4.69, 9.17) is 9.47 Å². The number of hydrogen-bond donors (Lipinski definition) is 1. The normalized spacial score (nSPS) is 11.1. The van der Waals surface area contributed by atoms with Crippen LogP contribution in [0, 0.1) is 12.3 Å². The van der Waals surface area contributed by atoms with Gasteiger partial charge in [0.05, 0.1) is 14.2 Å². The predicted molar refractivity (Wildman–Crippen MR) is 85.1 cm³/mol. The third-order valence-electron chi connectivity index (χ3n) is 3.21. The number of nitrogens with one attached hydrogen (secondary N) is 1. The van der Waals surface area contributed by atoms with E-state index in [-0.39, 0.29) is 11.3 Å². The van der Waals surface area contributed by atoms with E-state index in [1.165, 1.54) is 0 Å². The molecule has 0 aromatic heterocycles. The van der Waals surface area contributed by atoms with Crippen molar-refractivity contribution in [1.29, 1.82) is 0 Å². The molecule has 0 fully saturated rings. The molecule has 0 saturated carbocycles. The maximum Gasteiger partial charge on any atom is 0.220 e. The number of benzene rings is 1. The van der Waals surface area contributed by atoms with Crippen LogP contribution < -0.4 is 14.8 Å². The molecule has 21 heavy (non-hydrogen) atoms. The number of hydrogen-bond acceptors (Lipinski definition) is 3. The van der Waals surface area contributed by atoms with Gasteiger partial charge >= 0.3 is 0 Å². The quantitative estimate of drug-likeness (QED) is 0.876. The van der Waals surface area contributed by atoms with Gasteiger partial charge in [-0.05, 0) is 42.0 Å². The first-order chi connectivity index (χ1) is 9.76. The lowest BCUT2D eigenvalue weighted by atomic mass is 9.92. The Hall–Kier alpha value is -1.71. The third-order valence-corrected chi connectivity index (χ3v) is 3.21.